The molecule has 0 aliphatic rings. The zero-order chi connectivity index (χ0) is 18.9. The van der Waals surface area contributed by atoms with Gasteiger partial charge in [0.25, 0.3) is 10.0 Å². The van der Waals surface area contributed by atoms with Gasteiger partial charge in [-0.05, 0) is 42.3 Å². The lowest BCUT2D eigenvalue weighted by atomic mass is 10.2. The first-order chi connectivity index (χ1) is 13.1. The van der Waals surface area contributed by atoms with Crippen molar-refractivity contribution in [1.82, 2.24) is 8.96 Å². The molecule has 27 heavy (non-hydrogen) atoms. The van der Waals surface area contributed by atoms with Crippen LogP contribution in [0.3, 0.4) is 0 Å². The maximum absolute atomic E-state index is 13.3. The zero-order valence-corrected chi connectivity index (χ0v) is 15.6. The summed E-state index contributed by atoms with van der Waals surface area (Å²) in [4.78, 5) is 4.40. The fourth-order valence-corrected chi connectivity index (χ4v) is 4.37. The molecule has 2 heterocycles. The van der Waals surface area contributed by atoms with Crippen molar-refractivity contribution in [2.24, 2.45) is 0 Å². The molecule has 0 radical (unpaired) electrons. The van der Waals surface area contributed by atoms with E-state index in [0.29, 0.717) is 16.1 Å². The monoisotopic (exact) mass is 392 g/mol. The Balaban J connectivity index is 1.99. The van der Waals surface area contributed by atoms with Gasteiger partial charge in [0.1, 0.15) is 5.69 Å². The fraction of sp³-hybridized carbons (Fsp3) is 0. The second kappa shape index (κ2) is 6.92. The summed E-state index contributed by atoms with van der Waals surface area (Å²) < 4.78 is 27.7. The molecule has 2 aromatic heterocycles. The van der Waals surface area contributed by atoms with E-state index in [1.54, 1.807) is 42.5 Å². The number of hydrogen-bond donors (Lipinski definition) is 0. The van der Waals surface area contributed by atoms with Gasteiger partial charge in [-0.25, -0.2) is 17.4 Å². The molecule has 4 nitrogen and oxygen atoms in total. The third kappa shape index (κ3) is 3.21. The lowest BCUT2D eigenvalue weighted by Crippen LogP contribution is -2.15. The Morgan fingerprint density at radius 1 is 0.889 bits per heavy atom. The number of benzene rings is 2. The van der Waals surface area contributed by atoms with Crippen molar-refractivity contribution in [3.05, 3.63) is 95.3 Å². The summed E-state index contributed by atoms with van der Waals surface area (Å²) in [5.74, 6) is 5.96. The van der Waals surface area contributed by atoms with Crippen LogP contribution in [0.15, 0.2) is 83.9 Å². The molecular weight excluding hydrogens is 380 g/mol. The predicted molar refractivity (Wildman–Crippen MR) is 106 cm³/mol. The van der Waals surface area contributed by atoms with Crippen LogP contribution < -0.4 is 0 Å². The van der Waals surface area contributed by atoms with Crippen LogP contribution in [-0.2, 0) is 10.0 Å². The molecule has 0 saturated heterocycles. The van der Waals surface area contributed by atoms with Crippen molar-refractivity contribution in [1.29, 1.82) is 0 Å². The van der Waals surface area contributed by atoms with Gasteiger partial charge in [-0.1, -0.05) is 53.9 Å². The normalized spacial score (nSPS) is 11.1. The molecule has 0 saturated carbocycles. The van der Waals surface area contributed by atoms with Gasteiger partial charge in [0, 0.05) is 17.1 Å². The first-order valence-electron chi connectivity index (χ1n) is 8.11. The summed E-state index contributed by atoms with van der Waals surface area (Å²) in [7, 11) is -3.88. The Hall–Kier alpha value is -3.07. The predicted octanol–water partition coefficient (Wildman–Crippen LogP) is 4.33. The SMILES string of the molecule is O=S(=O)(c1ccccc1)n1c(C#Cc2ccccc2)cc2c(Cl)ccnc21. The maximum Gasteiger partial charge on any atom is 0.270 e. The third-order valence-corrected chi connectivity index (χ3v) is 6.05. The van der Waals surface area contributed by atoms with Crippen molar-refractivity contribution in [2.45, 2.75) is 4.90 Å². The highest BCUT2D eigenvalue weighted by Crippen LogP contribution is 2.28. The fourth-order valence-electron chi connectivity index (χ4n) is 2.73. The van der Waals surface area contributed by atoms with Crippen molar-refractivity contribution in [2.75, 3.05) is 0 Å². The first kappa shape index (κ1) is 17.3. The van der Waals surface area contributed by atoms with Gasteiger partial charge < -0.3 is 0 Å². The minimum atomic E-state index is -3.88. The topological polar surface area (TPSA) is 52.0 Å². The van der Waals surface area contributed by atoms with E-state index in [9.17, 15) is 8.42 Å². The molecule has 2 aromatic carbocycles. The lowest BCUT2D eigenvalue weighted by Gasteiger charge is -2.08. The van der Waals surface area contributed by atoms with Crippen LogP contribution >= 0.6 is 11.6 Å². The van der Waals surface area contributed by atoms with E-state index >= 15 is 0 Å². The summed E-state index contributed by atoms with van der Waals surface area (Å²) >= 11 is 6.26. The number of nitrogens with zero attached hydrogens (tertiary/aromatic N) is 2. The molecule has 0 N–H and O–H groups in total. The van der Waals surface area contributed by atoms with Crippen molar-refractivity contribution in [3.63, 3.8) is 0 Å². The number of aromatic nitrogens is 2. The van der Waals surface area contributed by atoms with Crippen LogP contribution in [0, 0.1) is 11.8 Å². The van der Waals surface area contributed by atoms with E-state index < -0.39 is 10.0 Å². The number of hydrogen-bond acceptors (Lipinski definition) is 3. The number of fused-ring (bicyclic) bond motifs is 1. The molecule has 0 unspecified atom stereocenters. The minimum Gasteiger partial charge on any atom is -0.237 e. The van der Waals surface area contributed by atoms with E-state index in [-0.39, 0.29) is 10.5 Å². The van der Waals surface area contributed by atoms with E-state index in [0.717, 1.165) is 9.54 Å². The quantitative estimate of drug-likeness (QED) is 0.477. The smallest absolute Gasteiger partial charge is 0.237 e. The van der Waals surface area contributed by atoms with Crippen molar-refractivity contribution in [3.8, 4) is 11.8 Å². The molecule has 6 heteroatoms. The highest BCUT2D eigenvalue weighted by atomic mass is 35.5. The highest BCUT2D eigenvalue weighted by Gasteiger charge is 2.24. The summed E-state index contributed by atoms with van der Waals surface area (Å²) in [6.45, 7) is 0. The zero-order valence-electron chi connectivity index (χ0n) is 14.0. The van der Waals surface area contributed by atoms with Gasteiger partial charge in [0.2, 0.25) is 0 Å². The Kier molecular flexibility index (Phi) is 4.44. The summed E-state index contributed by atoms with van der Waals surface area (Å²) in [5.41, 5.74) is 1.34. The third-order valence-electron chi connectivity index (χ3n) is 4.00. The van der Waals surface area contributed by atoms with E-state index in [4.69, 9.17) is 11.6 Å². The van der Waals surface area contributed by atoms with Crippen molar-refractivity contribution >= 4 is 32.7 Å². The second-order valence-electron chi connectivity index (χ2n) is 5.76. The molecule has 4 aromatic rings. The second-order valence-corrected chi connectivity index (χ2v) is 7.95. The molecule has 0 aliphatic carbocycles. The van der Waals surface area contributed by atoms with Crippen LogP contribution in [0.4, 0.5) is 0 Å². The Morgan fingerprint density at radius 3 is 2.26 bits per heavy atom. The van der Waals surface area contributed by atoms with Gasteiger partial charge in [0.05, 0.1) is 9.92 Å². The average molecular weight is 393 g/mol. The molecule has 0 atom stereocenters. The first-order valence-corrected chi connectivity index (χ1v) is 9.93. The summed E-state index contributed by atoms with van der Waals surface area (Å²) in [6.07, 6.45) is 1.48. The van der Waals surface area contributed by atoms with Gasteiger partial charge in [-0.15, -0.1) is 0 Å². The van der Waals surface area contributed by atoms with Crippen LogP contribution in [-0.4, -0.2) is 17.4 Å². The van der Waals surface area contributed by atoms with Crippen LogP contribution in [0.2, 0.25) is 5.02 Å². The number of rotatable bonds is 2. The van der Waals surface area contributed by atoms with Crippen LogP contribution in [0.25, 0.3) is 11.0 Å². The minimum absolute atomic E-state index is 0.159. The highest BCUT2D eigenvalue weighted by molar-refractivity contribution is 7.90. The largest absolute Gasteiger partial charge is 0.270 e. The summed E-state index contributed by atoms with van der Waals surface area (Å²) in [5, 5.41) is 0.959. The van der Waals surface area contributed by atoms with Gasteiger partial charge in [-0.3, -0.25) is 0 Å². The summed E-state index contributed by atoms with van der Waals surface area (Å²) in [6, 6.07) is 20.8. The van der Waals surface area contributed by atoms with Gasteiger partial charge >= 0.3 is 0 Å². The van der Waals surface area contributed by atoms with Crippen LogP contribution in [0.5, 0.6) is 0 Å². The molecule has 0 bridgehead atoms. The molecule has 0 spiro atoms. The van der Waals surface area contributed by atoms with Crippen molar-refractivity contribution < 1.29 is 8.42 Å². The van der Waals surface area contributed by atoms with Crippen LogP contribution in [0.1, 0.15) is 11.3 Å². The van der Waals surface area contributed by atoms with E-state index in [1.807, 2.05) is 30.3 Å². The van der Waals surface area contributed by atoms with E-state index in [2.05, 4.69) is 16.8 Å². The Labute approximate surface area is 162 Å². The molecule has 132 valence electrons. The maximum atomic E-state index is 13.3. The molecule has 0 amide bonds. The van der Waals surface area contributed by atoms with Gasteiger partial charge in [0.15, 0.2) is 5.65 Å². The van der Waals surface area contributed by atoms with Gasteiger partial charge in [-0.2, -0.15) is 0 Å². The molecular formula is C21H13ClN2O2S. The number of halogens is 1. The standard InChI is InChI=1S/C21H13ClN2O2S/c22-20-13-14-23-21-19(20)15-17(12-11-16-7-3-1-4-8-16)24(21)27(25,26)18-9-5-2-6-10-18/h1-10,13-15H. The Bertz CT molecular complexity index is 1290. The average Bonchev–Trinajstić information content (AvgIpc) is 3.08. The molecule has 4 rings (SSSR count). The molecule has 0 fully saturated rings. The lowest BCUT2D eigenvalue weighted by molar-refractivity contribution is 0.588. The Morgan fingerprint density at radius 2 is 1.56 bits per heavy atom. The molecule has 0 aliphatic heterocycles. The number of pyridine rings is 1. The van der Waals surface area contributed by atoms with E-state index in [1.165, 1.54) is 6.20 Å².